The molecule has 0 radical (unpaired) electrons. The number of fused-ring (bicyclic) bond motifs is 15. The van der Waals surface area contributed by atoms with Crippen molar-refractivity contribution in [3.8, 4) is 44.8 Å². The topological polar surface area (TPSA) is 29.5 Å². The van der Waals surface area contributed by atoms with E-state index in [-0.39, 0.29) is 23.0 Å². The fourth-order valence-electron chi connectivity index (χ4n) is 18.3. The van der Waals surface area contributed by atoms with Gasteiger partial charge in [0.1, 0.15) is 11.2 Å². The second-order valence-electron chi connectivity index (χ2n) is 30.8. The molecule has 0 amide bonds. The van der Waals surface area contributed by atoms with Crippen molar-refractivity contribution in [2.45, 2.75) is 96.3 Å². The number of anilines is 6. The van der Waals surface area contributed by atoms with Crippen molar-refractivity contribution >= 4 is 123 Å². The van der Waals surface area contributed by atoms with Gasteiger partial charge >= 0.3 is 0 Å². The van der Waals surface area contributed by atoms with Crippen molar-refractivity contribution in [2.24, 2.45) is 0 Å². The van der Waals surface area contributed by atoms with Crippen LogP contribution in [0.4, 0.5) is 34.1 Å². The Morgan fingerprint density at radius 1 is 0.323 bits per heavy atom. The van der Waals surface area contributed by atoms with Crippen LogP contribution in [0, 0.1) is 0 Å². The summed E-state index contributed by atoms with van der Waals surface area (Å²) in [5, 5.41) is 7.19. The van der Waals surface area contributed by atoms with Crippen LogP contribution in [0.3, 0.4) is 0 Å². The molecule has 0 saturated carbocycles. The zero-order valence-electron chi connectivity index (χ0n) is 57.2. The van der Waals surface area contributed by atoms with Gasteiger partial charge in [-0.25, -0.2) is 0 Å². The standard InChI is InChI=1S/C93H75BN4O/c1-57-46-47-91(2,3)76-50-60(32-41-68(57)76)58-28-35-64(36-29-58)95-84-55-66(97-80-23-13-8-18-69(80)70-19-9-14-24-81(70)97)39-44-78(84)94-79-45-40-67(98-82-25-15-10-20-71(82)72-21-11-16-26-83(72)98)56-85(79)96(65-37-30-59(31-38-65)61-34-43-75-77(51-61)93(6,7)49-48-92(75,4)5)87-53-63(52-86(95)90(87)94)62-33-42-74-73-22-12-17-27-88(73)99-89(74)54-62/h8-45,50-57H,46-49H2,1-7H3. The maximum Gasteiger partial charge on any atom is 0.252 e. The molecule has 476 valence electrons. The first-order valence-electron chi connectivity index (χ1n) is 35.7. The minimum atomic E-state index is -0.165. The third-order valence-corrected chi connectivity index (χ3v) is 23.7. The largest absolute Gasteiger partial charge is 0.456 e. The van der Waals surface area contributed by atoms with E-state index in [4.69, 9.17) is 4.42 Å². The molecule has 99 heavy (non-hydrogen) atoms. The minimum absolute atomic E-state index is 0.0842. The van der Waals surface area contributed by atoms with Crippen LogP contribution in [-0.4, -0.2) is 15.8 Å². The molecule has 2 aliphatic heterocycles. The maximum atomic E-state index is 6.77. The van der Waals surface area contributed by atoms with E-state index in [2.05, 4.69) is 340 Å². The average Bonchev–Trinajstić information content (AvgIpc) is 1.03. The Morgan fingerprint density at radius 2 is 0.737 bits per heavy atom. The first-order valence-corrected chi connectivity index (χ1v) is 35.7. The molecule has 2 aliphatic carbocycles. The van der Waals surface area contributed by atoms with Gasteiger partial charge in [-0.15, -0.1) is 0 Å². The Labute approximate surface area is 578 Å². The highest BCUT2D eigenvalue weighted by Gasteiger charge is 2.45. The van der Waals surface area contributed by atoms with E-state index in [1.54, 1.807) is 0 Å². The van der Waals surface area contributed by atoms with E-state index in [0.717, 1.165) is 78.6 Å². The Kier molecular flexibility index (Phi) is 12.5. The average molecular weight is 1280 g/mol. The summed E-state index contributed by atoms with van der Waals surface area (Å²) in [5.74, 6) is 0.548. The highest BCUT2D eigenvalue weighted by atomic mass is 16.3. The fraction of sp³-hybridized carbons (Fsp3) is 0.161. The smallest absolute Gasteiger partial charge is 0.252 e. The highest BCUT2D eigenvalue weighted by molar-refractivity contribution is 7.00. The molecule has 0 fully saturated rings. The van der Waals surface area contributed by atoms with Gasteiger partial charge in [0, 0.05) is 77.8 Å². The number of rotatable bonds is 7. The van der Waals surface area contributed by atoms with Crippen molar-refractivity contribution in [3.63, 3.8) is 0 Å². The van der Waals surface area contributed by atoms with E-state index in [1.165, 1.54) is 130 Å². The van der Waals surface area contributed by atoms with Gasteiger partial charge in [-0.05, 0) is 223 Å². The lowest BCUT2D eigenvalue weighted by molar-refractivity contribution is 0.332. The molecule has 5 nitrogen and oxygen atoms in total. The summed E-state index contributed by atoms with van der Waals surface area (Å²) in [6.45, 7) is 16.8. The molecular weight excluding hydrogens is 1200 g/mol. The van der Waals surface area contributed by atoms with Crippen LogP contribution in [-0.2, 0) is 16.2 Å². The third kappa shape index (κ3) is 8.73. The summed E-state index contributed by atoms with van der Waals surface area (Å²) in [4.78, 5) is 5.20. The van der Waals surface area contributed by atoms with Crippen molar-refractivity contribution in [3.05, 3.63) is 295 Å². The number of benzene rings is 13. The molecule has 0 saturated heterocycles. The van der Waals surface area contributed by atoms with Gasteiger partial charge < -0.3 is 23.4 Å². The molecule has 5 heterocycles. The van der Waals surface area contributed by atoms with Crippen molar-refractivity contribution in [2.75, 3.05) is 9.80 Å². The SMILES string of the molecule is CC1CCC(C)(C)c2cc(-c3ccc(N4c5cc(-n6c7ccccc7c7ccccc76)ccc5B5c6ccc(-n7c8ccccc8c8ccccc87)cc6N(c6ccc(-c7ccc8c(c7)C(C)(C)CCC8(C)C)cc6)c6cc(-c7ccc8c(c7)oc7ccccc78)cc4c65)cc3)ccc21. The van der Waals surface area contributed by atoms with E-state index in [9.17, 15) is 0 Å². The summed E-state index contributed by atoms with van der Waals surface area (Å²) in [6.07, 6.45) is 4.76. The second-order valence-corrected chi connectivity index (χ2v) is 30.8. The number of nitrogens with zero attached hydrogens (tertiary/aromatic N) is 4. The summed E-state index contributed by atoms with van der Waals surface area (Å²) < 4.78 is 11.7. The van der Waals surface area contributed by atoms with Gasteiger partial charge in [0.15, 0.2) is 0 Å². The lowest BCUT2D eigenvalue weighted by Gasteiger charge is -2.44. The van der Waals surface area contributed by atoms with Crippen LogP contribution >= 0.6 is 0 Å². The molecule has 4 aliphatic rings. The summed E-state index contributed by atoms with van der Waals surface area (Å²) in [6, 6.07) is 104. The van der Waals surface area contributed by atoms with Crippen LogP contribution in [0.5, 0.6) is 0 Å². The van der Waals surface area contributed by atoms with Crippen LogP contribution in [0.1, 0.15) is 102 Å². The summed E-state index contributed by atoms with van der Waals surface area (Å²) in [7, 11) is 0. The fourth-order valence-corrected chi connectivity index (χ4v) is 18.3. The zero-order chi connectivity index (χ0) is 66.4. The Hall–Kier alpha value is -11.1. The predicted octanol–water partition coefficient (Wildman–Crippen LogP) is 23.4. The Morgan fingerprint density at radius 3 is 1.27 bits per heavy atom. The quantitative estimate of drug-likeness (QED) is 0.149. The van der Waals surface area contributed by atoms with Crippen LogP contribution in [0.2, 0.25) is 0 Å². The molecule has 0 spiro atoms. The van der Waals surface area contributed by atoms with E-state index >= 15 is 0 Å². The molecule has 20 rings (SSSR count). The van der Waals surface area contributed by atoms with E-state index in [0.29, 0.717) is 5.92 Å². The maximum absolute atomic E-state index is 6.77. The molecule has 13 aromatic carbocycles. The number of hydrogen-bond donors (Lipinski definition) is 0. The molecular formula is C93H75BN4O. The molecule has 1 atom stereocenters. The van der Waals surface area contributed by atoms with Gasteiger partial charge in [0.05, 0.1) is 22.1 Å². The third-order valence-electron chi connectivity index (χ3n) is 23.7. The lowest BCUT2D eigenvalue weighted by atomic mass is 9.33. The number of para-hydroxylation sites is 5. The molecule has 0 bridgehead atoms. The highest BCUT2D eigenvalue weighted by Crippen LogP contribution is 2.52. The predicted molar refractivity (Wildman–Crippen MR) is 419 cm³/mol. The molecule has 1 unspecified atom stereocenters. The van der Waals surface area contributed by atoms with Gasteiger partial charge in [-0.2, -0.15) is 0 Å². The first-order chi connectivity index (χ1) is 48.2. The van der Waals surface area contributed by atoms with Gasteiger partial charge in [-0.3, -0.25) is 0 Å². The first kappa shape index (κ1) is 58.1. The summed E-state index contributed by atoms with van der Waals surface area (Å²) >= 11 is 0. The Bertz CT molecular complexity index is 5970. The summed E-state index contributed by atoms with van der Waals surface area (Å²) in [5.41, 5.74) is 32.6. The number of aromatic nitrogens is 2. The lowest BCUT2D eigenvalue weighted by Crippen LogP contribution is -2.61. The van der Waals surface area contributed by atoms with Crippen molar-refractivity contribution in [1.29, 1.82) is 0 Å². The van der Waals surface area contributed by atoms with Crippen LogP contribution < -0.4 is 26.2 Å². The minimum Gasteiger partial charge on any atom is -0.456 e. The second kappa shape index (κ2) is 21.2. The number of furan rings is 1. The van der Waals surface area contributed by atoms with Gasteiger partial charge in [0.25, 0.3) is 6.71 Å². The molecule has 0 N–H and O–H groups in total. The van der Waals surface area contributed by atoms with Crippen molar-refractivity contribution < 1.29 is 4.42 Å². The van der Waals surface area contributed by atoms with Crippen molar-refractivity contribution in [1.82, 2.24) is 9.13 Å². The van der Waals surface area contributed by atoms with Gasteiger partial charge in [-0.1, -0.05) is 218 Å². The zero-order valence-corrected chi connectivity index (χ0v) is 57.2. The van der Waals surface area contributed by atoms with Crippen LogP contribution in [0.25, 0.3) is 110 Å². The molecule has 6 heteroatoms. The monoisotopic (exact) mass is 1270 g/mol. The molecule has 16 aromatic rings. The molecule has 3 aromatic heterocycles. The van der Waals surface area contributed by atoms with E-state index in [1.807, 2.05) is 0 Å². The van der Waals surface area contributed by atoms with Gasteiger partial charge in [0.2, 0.25) is 0 Å². The van der Waals surface area contributed by atoms with Crippen LogP contribution in [0.15, 0.2) is 277 Å². The number of hydrogen-bond acceptors (Lipinski definition) is 3. The normalized spacial score (nSPS) is 16.4. The Balaban J connectivity index is 0.857. The van der Waals surface area contributed by atoms with E-state index < -0.39 is 0 Å².